The number of imidazole rings is 1. The van der Waals surface area contributed by atoms with Crippen LogP contribution in [-0.4, -0.2) is 22.9 Å². The van der Waals surface area contributed by atoms with E-state index in [1.807, 2.05) is 13.8 Å². The van der Waals surface area contributed by atoms with Gasteiger partial charge in [0.25, 0.3) is 15.7 Å². The molecule has 1 aromatic heterocycles. The van der Waals surface area contributed by atoms with E-state index in [1.165, 1.54) is 37.6 Å². The maximum absolute atomic E-state index is 12.4. The zero-order chi connectivity index (χ0) is 17.2. The standard InChI is InChI=1S/C14H18N4O4S/c1-4-10(2)17-8-14(15-9-17)23(21,22)16-12-6-5-7-13(11(12)3)18(19)20/h5-10,16H,4H2,1-3H3. The van der Waals surface area contributed by atoms with Crippen molar-refractivity contribution in [1.82, 2.24) is 9.55 Å². The molecule has 0 bridgehead atoms. The van der Waals surface area contributed by atoms with Gasteiger partial charge in [0.1, 0.15) is 0 Å². The van der Waals surface area contributed by atoms with Gasteiger partial charge in [-0.25, -0.2) is 4.98 Å². The highest BCUT2D eigenvalue weighted by Crippen LogP contribution is 2.27. The van der Waals surface area contributed by atoms with Crippen molar-refractivity contribution in [2.45, 2.75) is 38.3 Å². The van der Waals surface area contributed by atoms with Crippen LogP contribution in [0.5, 0.6) is 0 Å². The lowest BCUT2D eigenvalue weighted by molar-refractivity contribution is -0.385. The van der Waals surface area contributed by atoms with Crippen molar-refractivity contribution in [2.24, 2.45) is 0 Å². The van der Waals surface area contributed by atoms with Gasteiger partial charge in [-0.2, -0.15) is 8.42 Å². The molecule has 8 nitrogen and oxygen atoms in total. The molecule has 23 heavy (non-hydrogen) atoms. The second-order valence-electron chi connectivity index (χ2n) is 5.23. The summed E-state index contributed by atoms with van der Waals surface area (Å²) in [5, 5.41) is 10.8. The molecular formula is C14H18N4O4S. The number of nitro groups is 1. The summed E-state index contributed by atoms with van der Waals surface area (Å²) < 4.78 is 28.9. The van der Waals surface area contributed by atoms with Crippen LogP contribution in [0, 0.1) is 17.0 Å². The summed E-state index contributed by atoms with van der Waals surface area (Å²) in [6, 6.07) is 4.36. The van der Waals surface area contributed by atoms with Gasteiger partial charge < -0.3 is 4.57 Å². The van der Waals surface area contributed by atoms with Crippen LogP contribution in [0.4, 0.5) is 11.4 Å². The highest BCUT2D eigenvalue weighted by molar-refractivity contribution is 7.92. The smallest absolute Gasteiger partial charge is 0.280 e. The summed E-state index contributed by atoms with van der Waals surface area (Å²) in [5.74, 6) is 0. The van der Waals surface area contributed by atoms with Crippen LogP contribution in [-0.2, 0) is 10.0 Å². The fraction of sp³-hybridized carbons (Fsp3) is 0.357. The number of rotatable bonds is 6. The minimum absolute atomic E-state index is 0.122. The van der Waals surface area contributed by atoms with E-state index in [9.17, 15) is 18.5 Å². The quantitative estimate of drug-likeness (QED) is 0.643. The highest BCUT2D eigenvalue weighted by atomic mass is 32.2. The van der Waals surface area contributed by atoms with E-state index in [0.29, 0.717) is 0 Å². The second kappa shape index (κ2) is 6.37. The van der Waals surface area contributed by atoms with E-state index >= 15 is 0 Å². The van der Waals surface area contributed by atoms with Crippen molar-refractivity contribution in [3.05, 3.63) is 46.4 Å². The lowest BCUT2D eigenvalue weighted by Crippen LogP contribution is -2.14. The van der Waals surface area contributed by atoms with E-state index < -0.39 is 14.9 Å². The molecule has 0 saturated carbocycles. The van der Waals surface area contributed by atoms with E-state index in [4.69, 9.17) is 0 Å². The summed E-state index contributed by atoms with van der Waals surface area (Å²) in [5.41, 5.74) is 0.273. The summed E-state index contributed by atoms with van der Waals surface area (Å²) >= 11 is 0. The molecule has 0 aliphatic carbocycles. The Balaban J connectivity index is 2.34. The lowest BCUT2D eigenvalue weighted by atomic mass is 10.2. The first kappa shape index (κ1) is 16.9. The van der Waals surface area contributed by atoms with Gasteiger partial charge >= 0.3 is 0 Å². The van der Waals surface area contributed by atoms with Crippen LogP contribution in [0.2, 0.25) is 0 Å². The maximum atomic E-state index is 12.4. The first-order valence-electron chi connectivity index (χ1n) is 7.06. The molecule has 0 saturated heterocycles. The molecule has 2 rings (SSSR count). The summed E-state index contributed by atoms with van der Waals surface area (Å²) in [6.45, 7) is 5.44. The van der Waals surface area contributed by atoms with Crippen LogP contribution in [0.15, 0.2) is 35.7 Å². The first-order valence-corrected chi connectivity index (χ1v) is 8.55. The Hall–Kier alpha value is -2.42. The normalized spacial score (nSPS) is 12.8. The SMILES string of the molecule is CCC(C)n1cnc(S(=O)(=O)Nc2cccc([N+](=O)[O-])c2C)c1. The van der Waals surface area contributed by atoms with Crippen molar-refractivity contribution < 1.29 is 13.3 Å². The molecule has 0 aliphatic heterocycles. The molecule has 1 N–H and O–H groups in total. The molecule has 0 aliphatic rings. The Morgan fingerprint density at radius 3 is 2.74 bits per heavy atom. The molecule has 1 unspecified atom stereocenters. The number of benzene rings is 1. The van der Waals surface area contributed by atoms with Gasteiger partial charge in [-0.15, -0.1) is 0 Å². The Labute approximate surface area is 134 Å². The zero-order valence-electron chi connectivity index (χ0n) is 13.1. The first-order chi connectivity index (χ1) is 10.8. The van der Waals surface area contributed by atoms with Crippen LogP contribution >= 0.6 is 0 Å². The van der Waals surface area contributed by atoms with Gasteiger partial charge in [0.15, 0.2) is 5.03 Å². The van der Waals surface area contributed by atoms with Crippen LogP contribution < -0.4 is 4.72 Å². The van der Waals surface area contributed by atoms with Crippen molar-refractivity contribution in [1.29, 1.82) is 0 Å². The lowest BCUT2D eigenvalue weighted by Gasteiger charge is -2.10. The van der Waals surface area contributed by atoms with Crippen LogP contribution in [0.25, 0.3) is 0 Å². The van der Waals surface area contributed by atoms with Gasteiger partial charge in [-0.05, 0) is 26.3 Å². The molecule has 0 radical (unpaired) electrons. The average molecular weight is 338 g/mol. The van der Waals surface area contributed by atoms with E-state index in [2.05, 4.69) is 9.71 Å². The fourth-order valence-electron chi connectivity index (χ4n) is 2.04. The number of hydrogen-bond acceptors (Lipinski definition) is 5. The van der Waals surface area contributed by atoms with Crippen molar-refractivity contribution in [3.8, 4) is 0 Å². The van der Waals surface area contributed by atoms with Gasteiger partial charge in [0.2, 0.25) is 0 Å². The van der Waals surface area contributed by atoms with Gasteiger partial charge in [0, 0.05) is 18.3 Å². The predicted octanol–water partition coefficient (Wildman–Crippen LogP) is 2.87. The predicted molar refractivity (Wildman–Crippen MR) is 85.9 cm³/mol. The summed E-state index contributed by atoms with van der Waals surface area (Å²) in [6.07, 6.45) is 3.75. The summed E-state index contributed by atoms with van der Waals surface area (Å²) in [7, 11) is -3.90. The Morgan fingerprint density at radius 1 is 1.43 bits per heavy atom. The third-order valence-electron chi connectivity index (χ3n) is 3.70. The molecule has 0 spiro atoms. The molecule has 1 aromatic carbocycles. The number of nitro benzene ring substituents is 1. The molecule has 9 heteroatoms. The number of nitrogens with one attached hydrogen (secondary N) is 1. The molecule has 2 aromatic rings. The zero-order valence-corrected chi connectivity index (χ0v) is 13.9. The topological polar surface area (TPSA) is 107 Å². The third kappa shape index (κ3) is 3.50. The Morgan fingerprint density at radius 2 is 2.13 bits per heavy atom. The van der Waals surface area contributed by atoms with Gasteiger partial charge in [0.05, 0.1) is 22.5 Å². The molecule has 1 heterocycles. The molecule has 0 fully saturated rings. The molecule has 1 atom stereocenters. The fourth-order valence-corrected chi connectivity index (χ4v) is 3.10. The number of anilines is 1. The van der Waals surface area contributed by atoms with Gasteiger partial charge in [-0.1, -0.05) is 13.0 Å². The maximum Gasteiger partial charge on any atom is 0.280 e. The molecule has 124 valence electrons. The Bertz CT molecular complexity index is 829. The van der Waals surface area contributed by atoms with Crippen molar-refractivity contribution >= 4 is 21.4 Å². The van der Waals surface area contributed by atoms with Crippen LogP contribution in [0.1, 0.15) is 31.9 Å². The Kier molecular flexibility index (Phi) is 4.69. The number of nitrogens with zero attached hydrogens (tertiary/aromatic N) is 3. The van der Waals surface area contributed by atoms with E-state index in [1.54, 1.807) is 4.57 Å². The summed E-state index contributed by atoms with van der Waals surface area (Å²) in [4.78, 5) is 14.3. The van der Waals surface area contributed by atoms with Crippen molar-refractivity contribution in [2.75, 3.05) is 4.72 Å². The molecular weight excluding hydrogens is 320 g/mol. The highest BCUT2D eigenvalue weighted by Gasteiger charge is 2.21. The second-order valence-corrected chi connectivity index (χ2v) is 6.86. The number of sulfonamides is 1. The molecule has 0 amide bonds. The van der Waals surface area contributed by atoms with Crippen molar-refractivity contribution in [3.63, 3.8) is 0 Å². The third-order valence-corrected chi connectivity index (χ3v) is 4.95. The minimum Gasteiger partial charge on any atom is -0.333 e. The van der Waals surface area contributed by atoms with Crippen LogP contribution in [0.3, 0.4) is 0 Å². The monoisotopic (exact) mass is 338 g/mol. The minimum atomic E-state index is -3.90. The number of hydrogen-bond donors (Lipinski definition) is 1. The average Bonchev–Trinajstić information content (AvgIpc) is 2.99. The van der Waals surface area contributed by atoms with Gasteiger partial charge in [-0.3, -0.25) is 14.8 Å². The van der Waals surface area contributed by atoms with E-state index in [-0.39, 0.29) is 28.0 Å². The largest absolute Gasteiger partial charge is 0.333 e. The van der Waals surface area contributed by atoms with E-state index in [0.717, 1.165) is 6.42 Å². The number of aromatic nitrogens is 2.